The molecule has 1 N–H and O–H groups in total. The van der Waals surface area contributed by atoms with Gasteiger partial charge in [-0.2, -0.15) is 26.3 Å². The van der Waals surface area contributed by atoms with Crippen molar-refractivity contribution in [2.24, 2.45) is 0 Å². The first-order chi connectivity index (χ1) is 14.9. The van der Waals surface area contributed by atoms with Crippen molar-refractivity contribution in [3.8, 4) is 11.3 Å². The highest BCUT2D eigenvalue weighted by Gasteiger charge is 2.34. The van der Waals surface area contributed by atoms with Gasteiger partial charge in [-0.25, -0.2) is 9.97 Å². The van der Waals surface area contributed by atoms with Gasteiger partial charge in [0.1, 0.15) is 5.69 Å². The molecule has 168 valence electrons. The van der Waals surface area contributed by atoms with Crippen LogP contribution in [-0.4, -0.2) is 21.6 Å². The molecule has 0 spiro atoms. The molecule has 0 unspecified atom stereocenters. The highest BCUT2D eigenvalue weighted by molar-refractivity contribution is 7.99. The van der Waals surface area contributed by atoms with E-state index in [1.165, 1.54) is 30.3 Å². The molecule has 0 aliphatic carbocycles. The normalized spacial score (nSPS) is 12.0. The number of benzene rings is 2. The number of hydrogen-bond donors (Lipinski definition) is 1. The van der Waals surface area contributed by atoms with Gasteiger partial charge in [0, 0.05) is 16.3 Å². The molecule has 1 aromatic heterocycles. The maximum Gasteiger partial charge on any atom is 0.433 e. The Hall–Kier alpha value is -2.79. The Labute approximate surface area is 187 Å². The topological polar surface area (TPSA) is 54.9 Å². The Balaban J connectivity index is 1.77. The van der Waals surface area contributed by atoms with Crippen LogP contribution in [0.4, 0.5) is 32.0 Å². The SMILES string of the molecule is O=C(CSc1nc(-c2ccc(Cl)cc2)cc(C(F)(F)F)n1)Nc1cccc(C(F)(F)F)c1. The van der Waals surface area contributed by atoms with Crippen molar-refractivity contribution in [1.29, 1.82) is 0 Å². The standard InChI is InChI=1S/C20H12ClF6N3OS/c21-13-6-4-11(5-7-13)15-9-16(20(25,26)27)30-18(29-15)32-10-17(31)28-14-3-1-2-12(8-14)19(22,23)24/h1-9H,10H2,(H,28,31). The summed E-state index contributed by atoms with van der Waals surface area (Å²) in [4.78, 5) is 19.6. The van der Waals surface area contributed by atoms with E-state index < -0.39 is 35.3 Å². The van der Waals surface area contributed by atoms with E-state index in [1.54, 1.807) is 0 Å². The lowest BCUT2D eigenvalue weighted by Crippen LogP contribution is -2.16. The number of hydrogen-bond acceptors (Lipinski definition) is 4. The van der Waals surface area contributed by atoms with Crippen molar-refractivity contribution in [3.05, 3.63) is 70.9 Å². The van der Waals surface area contributed by atoms with Crippen LogP contribution in [0.15, 0.2) is 59.8 Å². The van der Waals surface area contributed by atoms with E-state index in [1.807, 2.05) is 0 Å². The van der Waals surface area contributed by atoms with Gasteiger partial charge >= 0.3 is 12.4 Å². The zero-order valence-corrected chi connectivity index (χ0v) is 17.3. The molecule has 0 atom stereocenters. The average molecular weight is 492 g/mol. The molecule has 0 aliphatic heterocycles. The van der Waals surface area contributed by atoms with E-state index in [9.17, 15) is 31.1 Å². The average Bonchev–Trinajstić information content (AvgIpc) is 2.71. The lowest BCUT2D eigenvalue weighted by atomic mass is 10.1. The molecule has 32 heavy (non-hydrogen) atoms. The van der Waals surface area contributed by atoms with Gasteiger partial charge in [-0.1, -0.05) is 41.6 Å². The summed E-state index contributed by atoms with van der Waals surface area (Å²) in [5.41, 5.74) is -1.91. The molecule has 2 aromatic carbocycles. The minimum atomic E-state index is -4.75. The van der Waals surface area contributed by atoms with E-state index in [2.05, 4.69) is 15.3 Å². The molecule has 0 radical (unpaired) electrons. The number of aromatic nitrogens is 2. The van der Waals surface area contributed by atoms with Crippen LogP contribution in [0.25, 0.3) is 11.3 Å². The Bertz CT molecular complexity index is 1120. The molecule has 0 saturated heterocycles. The highest BCUT2D eigenvalue weighted by atomic mass is 35.5. The van der Waals surface area contributed by atoms with Gasteiger partial charge in [0.15, 0.2) is 5.16 Å². The molecule has 0 bridgehead atoms. The Morgan fingerprint density at radius 2 is 1.62 bits per heavy atom. The summed E-state index contributed by atoms with van der Waals surface area (Å²) >= 11 is 6.41. The molecule has 12 heteroatoms. The number of carbonyl (C=O) groups is 1. The van der Waals surface area contributed by atoms with Crippen LogP contribution in [0.3, 0.4) is 0 Å². The number of amides is 1. The molecule has 1 heterocycles. The van der Waals surface area contributed by atoms with Gasteiger partial charge in [0.25, 0.3) is 0 Å². The van der Waals surface area contributed by atoms with E-state index in [-0.39, 0.29) is 16.5 Å². The zero-order chi connectivity index (χ0) is 23.5. The third kappa shape index (κ3) is 6.36. The molecule has 0 saturated carbocycles. The molecule has 1 amide bonds. The number of rotatable bonds is 5. The second-order valence-corrected chi connectivity index (χ2v) is 7.72. The zero-order valence-electron chi connectivity index (χ0n) is 15.8. The second-order valence-electron chi connectivity index (χ2n) is 6.34. The van der Waals surface area contributed by atoms with Gasteiger partial charge in [-0.15, -0.1) is 0 Å². The lowest BCUT2D eigenvalue weighted by Gasteiger charge is -2.11. The number of thioether (sulfide) groups is 1. The number of halogens is 7. The molecule has 4 nitrogen and oxygen atoms in total. The Morgan fingerprint density at radius 1 is 0.938 bits per heavy atom. The lowest BCUT2D eigenvalue weighted by molar-refractivity contribution is -0.141. The van der Waals surface area contributed by atoms with Gasteiger partial charge in [0.05, 0.1) is 17.0 Å². The van der Waals surface area contributed by atoms with Gasteiger partial charge in [-0.05, 0) is 36.4 Å². The summed E-state index contributed by atoms with van der Waals surface area (Å²) < 4.78 is 78.1. The number of nitrogens with zero attached hydrogens (tertiary/aromatic N) is 2. The fraction of sp³-hybridized carbons (Fsp3) is 0.150. The molecule has 0 aliphatic rings. The summed E-state index contributed by atoms with van der Waals surface area (Å²) in [6.45, 7) is 0. The maximum atomic E-state index is 13.3. The summed E-state index contributed by atoms with van der Waals surface area (Å²) in [6, 6.07) is 10.7. The Kier molecular flexibility index (Phi) is 6.99. The van der Waals surface area contributed by atoms with Crippen molar-refractivity contribution in [2.45, 2.75) is 17.5 Å². The van der Waals surface area contributed by atoms with Crippen LogP contribution < -0.4 is 5.32 Å². The van der Waals surface area contributed by atoms with Gasteiger partial charge in [0.2, 0.25) is 5.91 Å². The summed E-state index contributed by atoms with van der Waals surface area (Å²) in [6.07, 6.45) is -9.33. The fourth-order valence-electron chi connectivity index (χ4n) is 2.50. The third-order valence-corrected chi connectivity index (χ3v) is 5.04. The van der Waals surface area contributed by atoms with Crippen molar-refractivity contribution < 1.29 is 31.1 Å². The van der Waals surface area contributed by atoms with Crippen LogP contribution in [-0.2, 0) is 17.1 Å². The molecular weight excluding hydrogens is 480 g/mol. The first-order valence-electron chi connectivity index (χ1n) is 8.74. The summed E-state index contributed by atoms with van der Waals surface area (Å²) in [5.74, 6) is -1.15. The van der Waals surface area contributed by atoms with Gasteiger partial charge in [-0.3, -0.25) is 4.79 Å². The van der Waals surface area contributed by atoms with Crippen molar-refractivity contribution in [3.63, 3.8) is 0 Å². The van der Waals surface area contributed by atoms with E-state index in [0.29, 0.717) is 22.3 Å². The molecule has 3 aromatic rings. The first-order valence-corrected chi connectivity index (χ1v) is 10.1. The predicted octanol–water partition coefficient (Wildman–Crippen LogP) is 6.57. The predicted molar refractivity (Wildman–Crippen MR) is 108 cm³/mol. The van der Waals surface area contributed by atoms with Gasteiger partial charge < -0.3 is 5.32 Å². The molecular formula is C20H12ClF6N3OS. The smallest absolute Gasteiger partial charge is 0.325 e. The van der Waals surface area contributed by atoms with Crippen LogP contribution in [0.1, 0.15) is 11.3 Å². The quantitative estimate of drug-likeness (QED) is 0.249. The van der Waals surface area contributed by atoms with Crippen molar-refractivity contribution in [2.75, 3.05) is 11.1 Å². The van der Waals surface area contributed by atoms with E-state index in [0.717, 1.165) is 24.3 Å². The van der Waals surface area contributed by atoms with Crippen LogP contribution in [0.2, 0.25) is 5.02 Å². The molecule has 3 rings (SSSR count). The van der Waals surface area contributed by atoms with Crippen LogP contribution >= 0.6 is 23.4 Å². The molecule has 0 fully saturated rings. The number of alkyl halides is 6. The first kappa shape index (κ1) is 23.9. The third-order valence-electron chi connectivity index (χ3n) is 3.94. The van der Waals surface area contributed by atoms with E-state index in [4.69, 9.17) is 11.6 Å². The number of anilines is 1. The fourth-order valence-corrected chi connectivity index (χ4v) is 3.29. The van der Waals surface area contributed by atoms with Crippen LogP contribution in [0, 0.1) is 0 Å². The summed E-state index contributed by atoms with van der Waals surface area (Å²) in [5, 5.41) is 2.34. The maximum absolute atomic E-state index is 13.3. The monoisotopic (exact) mass is 491 g/mol. The minimum absolute atomic E-state index is 0.0234. The number of carbonyl (C=O) groups excluding carboxylic acids is 1. The summed E-state index contributed by atoms with van der Waals surface area (Å²) in [7, 11) is 0. The second kappa shape index (κ2) is 9.37. The minimum Gasteiger partial charge on any atom is -0.325 e. The number of nitrogens with one attached hydrogen (secondary N) is 1. The highest BCUT2D eigenvalue weighted by Crippen LogP contribution is 2.33. The van der Waals surface area contributed by atoms with E-state index >= 15 is 0 Å². The van der Waals surface area contributed by atoms with Crippen LogP contribution in [0.5, 0.6) is 0 Å². The van der Waals surface area contributed by atoms with Crippen molar-refractivity contribution in [1.82, 2.24) is 9.97 Å². The van der Waals surface area contributed by atoms with Crippen molar-refractivity contribution >= 4 is 35.0 Å². The largest absolute Gasteiger partial charge is 0.433 e. The Morgan fingerprint density at radius 3 is 2.25 bits per heavy atom.